The largest absolute Gasteiger partial charge is 0.493 e. The minimum Gasteiger partial charge on any atom is -0.493 e. The summed E-state index contributed by atoms with van der Waals surface area (Å²) < 4.78 is 47.7. The second kappa shape index (κ2) is 11.4. The Kier molecular flexibility index (Phi) is 7.66. The van der Waals surface area contributed by atoms with Crippen LogP contribution in [0.25, 0.3) is 16.6 Å². The Morgan fingerprint density at radius 3 is 2.29 bits per heavy atom. The maximum Gasteiger partial charge on any atom is 0.324 e. The second-order valence-corrected chi connectivity index (χ2v) is 10.4. The Morgan fingerprint density at radius 2 is 1.60 bits per heavy atom. The van der Waals surface area contributed by atoms with E-state index in [2.05, 4.69) is 20.7 Å². The summed E-state index contributed by atoms with van der Waals surface area (Å²) in [5.41, 5.74) is 0.940. The highest BCUT2D eigenvalue weighted by atomic mass is 19.1. The monoisotopic (exact) mass is 573 g/mol. The van der Waals surface area contributed by atoms with Gasteiger partial charge < -0.3 is 19.5 Å². The molecule has 0 aliphatic carbocycles. The van der Waals surface area contributed by atoms with E-state index < -0.39 is 17.7 Å². The van der Waals surface area contributed by atoms with Crippen LogP contribution in [0.4, 0.5) is 25.1 Å². The summed E-state index contributed by atoms with van der Waals surface area (Å²) >= 11 is 0. The zero-order chi connectivity index (χ0) is 30.0. The van der Waals surface area contributed by atoms with E-state index in [1.165, 1.54) is 37.1 Å². The minimum absolute atomic E-state index is 0.0844. The number of methoxy groups -OCH3 is 2. The van der Waals surface area contributed by atoms with E-state index in [1.54, 1.807) is 48.7 Å². The Labute approximate surface area is 241 Å². The third-order valence-corrected chi connectivity index (χ3v) is 6.42. The van der Waals surface area contributed by atoms with E-state index in [0.29, 0.717) is 33.8 Å². The molecule has 0 fully saturated rings. The number of pyridine rings is 1. The molecular formula is C31H29F2N5O4. The number of halogens is 2. The molecule has 11 heteroatoms. The second-order valence-electron chi connectivity index (χ2n) is 10.4. The number of ether oxygens (including phenoxy) is 3. The van der Waals surface area contributed by atoms with Gasteiger partial charge in [0.2, 0.25) is 0 Å². The number of para-hydroxylation sites is 1. The Morgan fingerprint density at radius 1 is 0.857 bits per heavy atom. The van der Waals surface area contributed by atoms with E-state index in [9.17, 15) is 9.18 Å². The summed E-state index contributed by atoms with van der Waals surface area (Å²) in [4.78, 5) is 17.3. The van der Waals surface area contributed by atoms with Crippen LogP contribution < -0.4 is 24.8 Å². The van der Waals surface area contributed by atoms with Gasteiger partial charge in [-0.1, -0.05) is 32.9 Å². The number of benzene rings is 3. The highest BCUT2D eigenvalue weighted by molar-refractivity contribution is 5.99. The molecule has 0 unspecified atom stereocenters. The number of anilines is 2. The average molecular weight is 574 g/mol. The number of carbonyl (C=O) groups excluding carboxylic acids is 1. The molecule has 2 amide bonds. The summed E-state index contributed by atoms with van der Waals surface area (Å²) in [7, 11) is 3.05. The number of rotatable bonds is 7. The van der Waals surface area contributed by atoms with Crippen LogP contribution in [0.3, 0.4) is 0 Å². The van der Waals surface area contributed by atoms with E-state index >= 15 is 4.39 Å². The molecular weight excluding hydrogens is 544 g/mol. The van der Waals surface area contributed by atoms with Gasteiger partial charge in [0.15, 0.2) is 11.5 Å². The van der Waals surface area contributed by atoms with Crippen molar-refractivity contribution in [2.45, 2.75) is 26.2 Å². The maximum atomic E-state index is 15.1. The van der Waals surface area contributed by atoms with Crippen LogP contribution in [0.15, 0.2) is 72.9 Å². The van der Waals surface area contributed by atoms with Crippen molar-refractivity contribution >= 4 is 28.4 Å². The molecule has 0 aliphatic heterocycles. The van der Waals surface area contributed by atoms with Gasteiger partial charge >= 0.3 is 6.03 Å². The van der Waals surface area contributed by atoms with Gasteiger partial charge in [0, 0.05) is 35.2 Å². The van der Waals surface area contributed by atoms with Gasteiger partial charge in [0.25, 0.3) is 0 Å². The molecule has 2 N–H and O–H groups in total. The number of hydrogen-bond donors (Lipinski definition) is 2. The number of hydrogen-bond acceptors (Lipinski definition) is 6. The number of fused-ring (bicyclic) bond motifs is 1. The van der Waals surface area contributed by atoms with E-state index in [4.69, 9.17) is 14.2 Å². The molecule has 0 spiro atoms. The van der Waals surface area contributed by atoms with Crippen molar-refractivity contribution in [2.75, 3.05) is 24.9 Å². The van der Waals surface area contributed by atoms with Crippen LogP contribution >= 0.6 is 0 Å². The van der Waals surface area contributed by atoms with Gasteiger partial charge in [-0.05, 0) is 36.4 Å². The summed E-state index contributed by atoms with van der Waals surface area (Å²) in [6.45, 7) is 5.85. The van der Waals surface area contributed by atoms with E-state index in [0.717, 1.165) is 6.07 Å². The van der Waals surface area contributed by atoms with E-state index in [1.807, 2.05) is 20.8 Å². The normalized spacial score (nSPS) is 11.3. The molecule has 2 heterocycles. The number of amides is 2. The summed E-state index contributed by atoms with van der Waals surface area (Å²) in [6.07, 6.45) is 1.57. The zero-order valence-corrected chi connectivity index (χ0v) is 23.7. The molecule has 0 atom stereocenters. The van der Waals surface area contributed by atoms with Gasteiger partial charge in [-0.15, -0.1) is 0 Å². The molecule has 0 radical (unpaired) electrons. The number of carbonyl (C=O) groups is 1. The standard InChI is InChI=1S/C31H29F2N5O4/c1-31(2,3)28-17-29(38(37-28)24-9-7-6-8-20(24)32)36-30(39)35-22-11-10-18(14-21(22)33)42-25-12-13-34-23-16-27(41-5)26(40-4)15-19(23)25/h6-17H,1-5H3,(H2,35,36,39). The van der Waals surface area contributed by atoms with Crippen LogP contribution in [-0.2, 0) is 5.41 Å². The number of nitrogens with zero attached hydrogens (tertiary/aromatic N) is 3. The lowest BCUT2D eigenvalue weighted by molar-refractivity contribution is 0.262. The molecule has 9 nitrogen and oxygen atoms in total. The average Bonchev–Trinajstić information content (AvgIpc) is 3.38. The number of nitrogens with one attached hydrogen (secondary N) is 2. The molecule has 0 bridgehead atoms. The number of aromatic nitrogens is 3. The lowest BCUT2D eigenvalue weighted by Gasteiger charge is -2.14. The summed E-state index contributed by atoms with van der Waals surface area (Å²) in [6, 6.07) is 16.2. The lowest BCUT2D eigenvalue weighted by Crippen LogP contribution is -2.22. The summed E-state index contributed by atoms with van der Waals surface area (Å²) in [5, 5.41) is 10.3. The van der Waals surface area contributed by atoms with Crippen LogP contribution in [-0.4, -0.2) is 35.0 Å². The van der Waals surface area contributed by atoms with Gasteiger partial charge in [0.1, 0.15) is 34.6 Å². The SMILES string of the molecule is COc1cc2nccc(Oc3ccc(NC(=O)Nc4cc(C(C)(C)C)nn4-c4ccccc4F)c(F)c3)c2cc1OC. The third-order valence-electron chi connectivity index (χ3n) is 6.42. The zero-order valence-electron chi connectivity index (χ0n) is 23.7. The molecule has 0 saturated heterocycles. The Bertz CT molecular complexity index is 1780. The van der Waals surface area contributed by atoms with Crippen LogP contribution in [0.2, 0.25) is 0 Å². The number of urea groups is 1. The molecule has 42 heavy (non-hydrogen) atoms. The van der Waals surface area contributed by atoms with Crippen molar-refractivity contribution in [3.63, 3.8) is 0 Å². The minimum atomic E-state index is -0.735. The van der Waals surface area contributed by atoms with Crippen molar-refractivity contribution in [3.8, 4) is 28.7 Å². The predicted molar refractivity (Wildman–Crippen MR) is 156 cm³/mol. The Balaban J connectivity index is 1.36. The molecule has 3 aromatic carbocycles. The van der Waals surface area contributed by atoms with Gasteiger partial charge in [0.05, 0.1) is 31.1 Å². The van der Waals surface area contributed by atoms with Crippen LogP contribution in [0, 0.1) is 11.6 Å². The molecule has 0 aliphatic rings. The smallest absolute Gasteiger partial charge is 0.324 e. The van der Waals surface area contributed by atoms with Gasteiger partial charge in [-0.2, -0.15) is 5.10 Å². The molecule has 5 rings (SSSR count). The predicted octanol–water partition coefficient (Wildman–Crippen LogP) is 7.45. The fourth-order valence-corrected chi connectivity index (χ4v) is 4.24. The molecule has 216 valence electrons. The van der Waals surface area contributed by atoms with Crippen LogP contribution in [0.5, 0.6) is 23.0 Å². The van der Waals surface area contributed by atoms with Crippen molar-refractivity contribution in [1.82, 2.24) is 14.8 Å². The summed E-state index contributed by atoms with van der Waals surface area (Å²) in [5.74, 6) is 0.623. The molecule has 2 aromatic heterocycles. The van der Waals surface area contributed by atoms with Crippen molar-refractivity contribution in [2.24, 2.45) is 0 Å². The Hall–Kier alpha value is -5.19. The lowest BCUT2D eigenvalue weighted by atomic mass is 9.92. The maximum absolute atomic E-state index is 15.1. The topological polar surface area (TPSA) is 99.5 Å². The van der Waals surface area contributed by atoms with E-state index in [-0.39, 0.29) is 28.4 Å². The molecule has 5 aromatic rings. The first-order valence-electron chi connectivity index (χ1n) is 13.0. The van der Waals surface area contributed by atoms with Gasteiger partial charge in [-0.25, -0.2) is 18.3 Å². The highest BCUT2D eigenvalue weighted by Gasteiger charge is 2.23. The van der Waals surface area contributed by atoms with Gasteiger partial charge in [-0.3, -0.25) is 10.3 Å². The van der Waals surface area contributed by atoms with Crippen molar-refractivity contribution < 1.29 is 27.8 Å². The van der Waals surface area contributed by atoms with Crippen LogP contribution in [0.1, 0.15) is 26.5 Å². The third kappa shape index (κ3) is 5.80. The quantitative estimate of drug-likeness (QED) is 0.210. The highest BCUT2D eigenvalue weighted by Crippen LogP contribution is 2.37. The fraction of sp³-hybridized carbons (Fsp3) is 0.194. The first-order valence-corrected chi connectivity index (χ1v) is 13.0. The van der Waals surface area contributed by atoms with Crippen molar-refractivity contribution in [1.29, 1.82) is 0 Å². The molecule has 0 saturated carbocycles. The van der Waals surface area contributed by atoms with Crippen molar-refractivity contribution in [3.05, 3.63) is 90.3 Å². The first kappa shape index (κ1) is 28.3. The fourth-order valence-electron chi connectivity index (χ4n) is 4.24. The first-order chi connectivity index (χ1) is 20.1.